The highest BCUT2D eigenvalue weighted by atomic mass is 35.5. The van der Waals surface area contributed by atoms with Gasteiger partial charge >= 0.3 is 5.97 Å². The molecule has 1 aromatic carbocycles. The molecule has 0 bridgehead atoms. The van der Waals surface area contributed by atoms with Crippen molar-refractivity contribution in [1.82, 2.24) is 14.8 Å². The molecule has 0 fully saturated rings. The second-order valence-corrected chi connectivity index (χ2v) is 4.99. The van der Waals surface area contributed by atoms with E-state index in [1.54, 1.807) is 22.9 Å². The van der Waals surface area contributed by atoms with Gasteiger partial charge in [0, 0.05) is 10.0 Å². The number of halogens is 2. The van der Waals surface area contributed by atoms with Crippen LogP contribution in [0.15, 0.2) is 36.3 Å². The lowest BCUT2D eigenvalue weighted by atomic mass is 10.0. The van der Waals surface area contributed by atoms with Crippen molar-refractivity contribution in [2.45, 2.75) is 6.04 Å². The zero-order chi connectivity index (χ0) is 14.3. The molecule has 1 aromatic heterocycles. The standard InChI is InChI=1S/C12H8Cl2N4O2/c13-6-1-2-7(8(14)3-6)10-4-9(11(19)20)17-12-15-5-16-18(10)12/h1-5,10H,(H,19,20)(H,15,16,17)/t10-/m0/s1. The number of nitrogens with zero attached hydrogens (tertiary/aromatic N) is 3. The number of carboxylic acid groups (broad SMARTS) is 1. The third kappa shape index (κ3) is 2.13. The monoisotopic (exact) mass is 310 g/mol. The predicted octanol–water partition coefficient (Wildman–Crippen LogP) is 2.57. The van der Waals surface area contributed by atoms with E-state index in [0.29, 0.717) is 21.6 Å². The molecule has 0 saturated heterocycles. The Kier molecular flexibility index (Phi) is 3.11. The highest BCUT2D eigenvalue weighted by molar-refractivity contribution is 6.35. The van der Waals surface area contributed by atoms with Crippen LogP contribution >= 0.6 is 23.2 Å². The first-order valence-electron chi connectivity index (χ1n) is 5.63. The number of fused-ring (bicyclic) bond motifs is 1. The largest absolute Gasteiger partial charge is 0.477 e. The van der Waals surface area contributed by atoms with Crippen molar-refractivity contribution in [3.63, 3.8) is 0 Å². The van der Waals surface area contributed by atoms with E-state index in [-0.39, 0.29) is 5.70 Å². The summed E-state index contributed by atoms with van der Waals surface area (Å²) in [6.07, 6.45) is 2.87. The zero-order valence-corrected chi connectivity index (χ0v) is 11.4. The van der Waals surface area contributed by atoms with Gasteiger partial charge in [-0.15, -0.1) is 0 Å². The van der Waals surface area contributed by atoms with Crippen molar-refractivity contribution in [2.24, 2.45) is 0 Å². The highest BCUT2D eigenvalue weighted by Crippen LogP contribution is 2.33. The Morgan fingerprint density at radius 1 is 1.40 bits per heavy atom. The molecule has 1 atom stereocenters. The van der Waals surface area contributed by atoms with E-state index >= 15 is 0 Å². The van der Waals surface area contributed by atoms with Crippen LogP contribution < -0.4 is 5.32 Å². The minimum Gasteiger partial charge on any atom is -0.477 e. The van der Waals surface area contributed by atoms with Crippen LogP contribution in [0.1, 0.15) is 11.6 Å². The number of benzene rings is 1. The number of rotatable bonds is 2. The van der Waals surface area contributed by atoms with Crippen LogP contribution in [0.5, 0.6) is 0 Å². The summed E-state index contributed by atoms with van der Waals surface area (Å²) in [5.41, 5.74) is 0.726. The fraction of sp³-hybridized carbons (Fsp3) is 0.0833. The average molecular weight is 311 g/mol. The minimum atomic E-state index is -1.07. The van der Waals surface area contributed by atoms with Crippen molar-refractivity contribution >= 4 is 35.1 Å². The highest BCUT2D eigenvalue weighted by Gasteiger charge is 2.26. The first-order chi connectivity index (χ1) is 9.56. The number of anilines is 1. The Morgan fingerprint density at radius 3 is 2.90 bits per heavy atom. The van der Waals surface area contributed by atoms with Crippen molar-refractivity contribution < 1.29 is 9.90 Å². The molecule has 20 heavy (non-hydrogen) atoms. The van der Waals surface area contributed by atoms with Crippen molar-refractivity contribution in [3.8, 4) is 0 Å². The molecule has 6 nitrogen and oxygen atoms in total. The number of carboxylic acids is 1. The maximum absolute atomic E-state index is 11.2. The first kappa shape index (κ1) is 13.0. The topological polar surface area (TPSA) is 80.0 Å². The summed E-state index contributed by atoms with van der Waals surface area (Å²) in [6.45, 7) is 0. The summed E-state index contributed by atoms with van der Waals surface area (Å²) in [5.74, 6) is -0.727. The van der Waals surface area contributed by atoms with Gasteiger partial charge < -0.3 is 10.4 Å². The molecule has 2 heterocycles. The number of hydrogen-bond donors (Lipinski definition) is 2. The van der Waals surface area contributed by atoms with Gasteiger partial charge in [0.2, 0.25) is 5.95 Å². The van der Waals surface area contributed by atoms with Gasteiger partial charge in [0.05, 0.1) is 0 Å². The number of nitrogens with one attached hydrogen (secondary N) is 1. The summed E-state index contributed by atoms with van der Waals surface area (Å²) >= 11 is 12.1. The van der Waals surface area contributed by atoms with Crippen LogP contribution in [0.2, 0.25) is 10.0 Å². The third-order valence-corrected chi connectivity index (χ3v) is 3.48. The summed E-state index contributed by atoms with van der Waals surface area (Å²) in [7, 11) is 0. The summed E-state index contributed by atoms with van der Waals surface area (Å²) in [6, 6.07) is 4.58. The molecular formula is C12H8Cl2N4O2. The fourth-order valence-corrected chi connectivity index (χ4v) is 2.54. The Morgan fingerprint density at radius 2 is 2.20 bits per heavy atom. The van der Waals surface area contributed by atoms with Gasteiger partial charge in [-0.25, -0.2) is 9.48 Å². The Hall–Kier alpha value is -2.05. The van der Waals surface area contributed by atoms with Crippen molar-refractivity contribution in [2.75, 3.05) is 5.32 Å². The molecule has 102 valence electrons. The first-order valence-corrected chi connectivity index (χ1v) is 6.38. The van der Waals surface area contributed by atoms with E-state index in [0.717, 1.165) is 0 Å². The SMILES string of the molecule is O=C(O)C1=C[C@@H](c2ccc(Cl)cc2Cl)n2ncnc2N1. The van der Waals surface area contributed by atoms with Crippen LogP contribution in [-0.4, -0.2) is 25.8 Å². The van der Waals surface area contributed by atoms with Crippen LogP contribution in [0.3, 0.4) is 0 Å². The lowest BCUT2D eigenvalue weighted by Gasteiger charge is -2.23. The molecule has 3 rings (SSSR count). The summed E-state index contributed by atoms with van der Waals surface area (Å²) in [4.78, 5) is 15.1. The van der Waals surface area contributed by atoms with Crippen LogP contribution in [-0.2, 0) is 4.79 Å². The second kappa shape index (κ2) is 4.81. The van der Waals surface area contributed by atoms with Gasteiger partial charge in [-0.3, -0.25) is 0 Å². The maximum Gasteiger partial charge on any atom is 0.352 e. The van der Waals surface area contributed by atoms with Crippen molar-refractivity contribution in [3.05, 3.63) is 51.9 Å². The quantitative estimate of drug-likeness (QED) is 0.891. The predicted molar refractivity (Wildman–Crippen MR) is 74.0 cm³/mol. The zero-order valence-electron chi connectivity index (χ0n) is 9.92. The van der Waals surface area contributed by atoms with Crippen LogP contribution in [0.25, 0.3) is 0 Å². The molecule has 8 heteroatoms. The van der Waals surface area contributed by atoms with E-state index in [9.17, 15) is 4.79 Å². The van der Waals surface area contributed by atoms with Gasteiger partial charge in [-0.1, -0.05) is 29.3 Å². The summed E-state index contributed by atoms with van der Waals surface area (Å²) < 4.78 is 1.56. The third-order valence-electron chi connectivity index (χ3n) is 2.92. The molecule has 2 aromatic rings. The van der Waals surface area contributed by atoms with E-state index in [1.165, 1.54) is 12.4 Å². The number of aliphatic carboxylic acids is 1. The summed E-state index contributed by atoms with van der Waals surface area (Å²) in [5, 5.41) is 16.9. The minimum absolute atomic E-state index is 0.0292. The Labute approximate surface area is 123 Å². The molecule has 0 unspecified atom stereocenters. The van der Waals surface area contributed by atoms with Gasteiger partial charge in [-0.05, 0) is 23.8 Å². The fourth-order valence-electron chi connectivity index (χ4n) is 2.02. The molecule has 0 aliphatic carbocycles. The smallest absolute Gasteiger partial charge is 0.352 e. The molecule has 0 saturated carbocycles. The van der Waals surface area contributed by atoms with Gasteiger partial charge in [0.15, 0.2) is 0 Å². The molecular weight excluding hydrogens is 303 g/mol. The maximum atomic E-state index is 11.2. The number of carbonyl (C=O) groups is 1. The lowest BCUT2D eigenvalue weighted by Crippen LogP contribution is -2.24. The van der Waals surface area contributed by atoms with Gasteiger partial charge in [-0.2, -0.15) is 10.1 Å². The number of allylic oxidation sites excluding steroid dienone is 1. The molecule has 0 spiro atoms. The molecule has 1 aliphatic heterocycles. The van der Waals surface area contributed by atoms with E-state index < -0.39 is 12.0 Å². The average Bonchev–Trinajstić information content (AvgIpc) is 2.86. The van der Waals surface area contributed by atoms with Gasteiger partial charge in [0.1, 0.15) is 18.1 Å². The molecule has 1 aliphatic rings. The van der Waals surface area contributed by atoms with E-state index in [1.807, 2.05) is 0 Å². The molecule has 2 N–H and O–H groups in total. The number of aromatic nitrogens is 3. The van der Waals surface area contributed by atoms with Crippen molar-refractivity contribution in [1.29, 1.82) is 0 Å². The van der Waals surface area contributed by atoms with E-state index in [4.69, 9.17) is 28.3 Å². The Bertz CT molecular complexity index is 726. The Balaban J connectivity index is 2.14. The van der Waals surface area contributed by atoms with Gasteiger partial charge in [0.25, 0.3) is 0 Å². The molecule has 0 radical (unpaired) electrons. The lowest BCUT2D eigenvalue weighted by molar-refractivity contribution is -0.132. The van der Waals surface area contributed by atoms with E-state index in [2.05, 4.69) is 15.4 Å². The van der Waals surface area contributed by atoms with Crippen LogP contribution in [0, 0.1) is 0 Å². The normalized spacial score (nSPS) is 17.1. The number of hydrogen-bond acceptors (Lipinski definition) is 4. The van der Waals surface area contributed by atoms with Crippen LogP contribution in [0.4, 0.5) is 5.95 Å². The second-order valence-electron chi connectivity index (χ2n) is 4.15. The molecule has 0 amide bonds.